The summed E-state index contributed by atoms with van der Waals surface area (Å²) in [6, 6.07) is 4.89. The van der Waals surface area contributed by atoms with Crippen molar-refractivity contribution < 1.29 is 4.79 Å². The number of nitrogens with zero attached hydrogens (tertiary/aromatic N) is 1. The third kappa shape index (κ3) is 3.57. The maximum atomic E-state index is 12.2. The van der Waals surface area contributed by atoms with Gasteiger partial charge in [0, 0.05) is 23.7 Å². The fourth-order valence-corrected chi connectivity index (χ4v) is 2.58. The zero-order chi connectivity index (χ0) is 14.8. The Hall–Kier alpha value is -0.970. The monoisotopic (exact) mass is 315 g/mol. The zero-order valence-electron chi connectivity index (χ0n) is 11.7. The first-order valence-electron chi connectivity index (χ1n) is 6.63. The number of halogens is 2. The highest BCUT2D eigenvalue weighted by Crippen LogP contribution is 2.27. The van der Waals surface area contributed by atoms with E-state index in [0.29, 0.717) is 15.7 Å². The minimum atomic E-state index is -0.132. The molecule has 1 aliphatic rings. The molecule has 0 atom stereocenters. The lowest BCUT2D eigenvalue weighted by Gasteiger charge is -2.39. The summed E-state index contributed by atoms with van der Waals surface area (Å²) in [5.41, 5.74) is 0.663. The minimum absolute atomic E-state index is 0.116. The van der Waals surface area contributed by atoms with Crippen LogP contribution in [0, 0.1) is 0 Å². The quantitative estimate of drug-likeness (QED) is 0.875. The van der Waals surface area contributed by atoms with E-state index >= 15 is 0 Å². The Bertz CT molecular complexity index is 499. The highest BCUT2D eigenvalue weighted by atomic mass is 35.5. The van der Waals surface area contributed by atoms with Crippen LogP contribution in [0.4, 0.5) is 10.5 Å². The topological polar surface area (TPSA) is 44.4 Å². The molecule has 1 saturated heterocycles. The molecule has 1 aromatic carbocycles. The van der Waals surface area contributed by atoms with Gasteiger partial charge in [0.25, 0.3) is 0 Å². The minimum Gasteiger partial charge on any atom is -0.324 e. The van der Waals surface area contributed by atoms with Crippen LogP contribution in [-0.2, 0) is 0 Å². The molecule has 1 aliphatic heterocycles. The maximum absolute atomic E-state index is 12.2. The van der Waals surface area contributed by atoms with Crippen molar-refractivity contribution in [2.24, 2.45) is 0 Å². The predicted molar refractivity (Wildman–Crippen MR) is 83.8 cm³/mol. The molecule has 0 radical (unpaired) electrons. The number of benzene rings is 1. The molecule has 1 aromatic rings. The maximum Gasteiger partial charge on any atom is 0.321 e. The fraction of sp³-hybridized carbons (Fsp3) is 0.500. The second-order valence-corrected chi connectivity index (χ2v) is 6.20. The van der Waals surface area contributed by atoms with Crippen LogP contribution in [0.25, 0.3) is 0 Å². The van der Waals surface area contributed by atoms with Crippen LogP contribution >= 0.6 is 23.2 Å². The van der Waals surface area contributed by atoms with E-state index in [0.717, 1.165) is 25.9 Å². The molecule has 2 N–H and O–H groups in total. The van der Waals surface area contributed by atoms with E-state index in [1.54, 1.807) is 23.1 Å². The first-order valence-corrected chi connectivity index (χ1v) is 7.39. The third-order valence-corrected chi connectivity index (χ3v) is 4.49. The van der Waals surface area contributed by atoms with Gasteiger partial charge in [0.15, 0.2) is 0 Å². The largest absolute Gasteiger partial charge is 0.324 e. The SMILES string of the molecule is CNC1(C)CCN(C(=O)Nc2cc(Cl)ccc2Cl)CC1. The Morgan fingerprint density at radius 2 is 1.95 bits per heavy atom. The number of likely N-dealkylation sites (tertiary alicyclic amines) is 1. The van der Waals surface area contributed by atoms with Gasteiger partial charge in [-0.15, -0.1) is 0 Å². The molecule has 110 valence electrons. The predicted octanol–water partition coefficient (Wildman–Crippen LogP) is 3.60. The number of hydrogen-bond acceptors (Lipinski definition) is 2. The van der Waals surface area contributed by atoms with Gasteiger partial charge >= 0.3 is 6.03 Å². The van der Waals surface area contributed by atoms with E-state index in [1.807, 2.05) is 7.05 Å². The Morgan fingerprint density at radius 1 is 1.30 bits per heavy atom. The summed E-state index contributed by atoms with van der Waals surface area (Å²) in [6.45, 7) is 3.62. The molecule has 20 heavy (non-hydrogen) atoms. The van der Waals surface area contributed by atoms with Gasteiger partial charge in [0.1, 0.15) is 0 Å². The Balaban J connectivity index is 1.98. The summed E-state index contributed by atoms with van der Waals surface area (Å²) in [4.78, 5) is 14.0. The smallest absolute Gasteiger partial charge is 0.321 e. The van der Waals surface area contributed by atoms with Gasteiger partial charge in [-0.2, -0.15) is 0 Å². The number of anilines is 1. The molecular weight excluding hydrogens is 297 g/mol. The molecule has 4 nitrogen and oxygen atoms in total. The molecule has 0 spiro atoms. The van der Waals surface area contributed by atoms with E-state index in [4.69, 9.17) is 23.2 Å². The standard InChI is InChI=1S/C14H19Cl2N3O/c1-14(17-2)5-7-19(8-6-14)13(20)18-12-9-10(15)3-4-11(12)16/h3-4,9,17H,5-8H2,1-2H3,(H,18,20). The first-order chi connectivity index (χ1) is 9.43. The van der Waals surface area contributed by atoms with Crippen LogP contribution in [0.2, 0.25) is 10.0 Å². The van der Waals surface area contributed by atoms with Gasteiger partial charge in [-0.3, -0.25) is 0 Å². The van der Waals surface area contributed by atoms with Crippen LogP contribution in [0.3, 0.4) is 0 Å². The Morgan fingerprint density at radius 3 is 2.55 bits per heavy atom. The molecule has 2 rings (SSSR count). The summed E-state index contributed by atoms with van der Waals surface area (Å²) in [5.74, 6) is 0. The molecule has 0 saturated carbocycles. The number of amides is 2. The van der Waals surface area contributed by atoms with Gasteiger partial charge in [-0.1, -0.05) is 23.2 Å². The highest BCUT2D eigenvalue weighted by molar-refractivity contribution is 6.35. The van der Waals surface area contributed by atoms with Crippen molar-refractivity contribution in [2.75, 3.05) is 25.5 Å². The Kier molecular flexibility index (Phi) is 4.78. The van der Waals surface area contributed by atoms with Crippen molar-refractivity contribution in [3.8, 4) is 0 Å². The first kappa shape index (κ1) is 15.4. The van der Waals surface area contributed by atoms with Crippen molar-refractivity contribution in [3.63, 3.8) is 0 Å². The second-order valence-electron chi connectivity index (χ2n) is 5.35. The lowest BCUT2D eigenvalue weighted by atomic mass is 9.90. The van der Waals surface area contributed by atoms with Crippen molar-refractivity contribution in [1.29, 1.82) is 0 Å². The summed E-state index contributed by atoms with van der Waals surface area (Å²) in [5, 5.41) is 7.16. The van der Waals surface area contributed by atoms with Crippen molar-refractivity contribution in [2.45, 2.75) is 25.3 Å². The van der Waals surface area contributed by atoms with Crippen molar-refractivity contribution >= 4 is 34.9 Å². The van der Waals surface area contributed by atoms with Crippen LogP contribution in [0.5, 0.6) is 0 Å². The van der Waals surface area contributed by atoms with Gasteiger partial charge in [0.2, 0.25) is 0 Å². The average Bonchev–Trinajstić information content (AvgIpc) is 2.43. The fourth-order valence-electron chi connectivity index (χ4n) is 2.24. The molecule has 2 amide bonds. The number of carbonyl (C=O) groups excluding carboxylic acids is 1. The molecule has 0 aromatic heterocycles. The van der Waals surface area contributed by atoms with Gasteiger partial charge < -0.3 is 15.5 Å². The normalized spacial score (nSPS) is 17.9. The summed E-state index contributed by atoms with van der Waals surface area (Å²) in [6.07, 6.45) is 1.86. The highest BCUT2D eigenvalue weighted by Gasteiger charge is 2.30. The molecule has 1 fully saturated rings. The van der Waals surface area contributed by atoms with Crippen LogP contribution < -0.4 is 10.6 Å². The van der Waals surface area contributed by atoms with Crippen LogP contribution in [0.1, 0.15) is 19.8 Å². The van der Waals surface area contributed by atoms with E-state index in [-0.39, 0.29) is 11.6 Å². The average molecular weight is 316 g/mol. The number of rotatable bonds is 2. The lowest BCUT2D eigenvalue weighted by molar-refractivity contribution is 0.163. The van der Waals surface area contributed by atoms with Gasteiger partial charge in [0.05, 0.1) is 10.7 Å². The number of nitrogens with one attached hydrogen (secondary N) is 2. The molecule has 6 heteroatoms. The molecular formula is C14H19Cl2N3O. The lowest BCUT2D eigenvalue weighted by Crippen LogP contribution is -2.52. The van der Waals surface area contributed by atoms with Crippen molar-refractivity contribution in [1.82, 2.24) is 10.2 Å². The number of carbonyl (C=O) groups is 1. The second kappa shape index (κ2) is 6.20. The summed E-state index contributed by atoms with van der Waals surface area (Å²) < 4.78 is 0. The number of urea groups is 1. The Labute approximate surface area is 129 Å². The molecule has 1 heterocycles. The van der Waals surface area contributed by atoms with Crippen LogP contribution in [-0.4, -0.2) is 36.6 Å². The molecule has 0 aliphatic carbocycles. The summed E-state index contributed by atoms with van der Waals surface area (Å²) in [7, 11) is 1.96. The van der Waals surface area contributed by atoms with E-state index in [9.17, 15) is 4.79 Å². The number of hydrogen-bond donors (Lipinski definition) is 2. The van der Waals surface area contributed by atoms with Gasteiger partial charge in [-0.25, -0.2) is 4.79 Å². The van der Waals surface area contributed by atoms with E-state index in [1.165, 1.54) is 0 Å². The van der Waals surface area contributed by atoms with Gasteiger partial charge in [-0.05, 0) is 45.0 Å². The van der Waals surface area contributed by atoms with Crippen LogP contribution in [0.15, 0.2) is 18.2 Å². The van der Waals surface area contributed by atoms with Crippen molar-refractivity contribution in [3.05, 3.63) is 28.2 Å². The summed E-state index contributed by atoms with van der Waals surface area (Å²) >= 11 is 12.0. The number of piperidine rings is 1. The third-order valence-electron chi connectivity index (χ3n) is 3.93. The van der Waals surface area contributed by atoms with E-state index < -0.39 is 0 Å². The molecule has 0 unspecified atom stereocenters. The molecule has 0 bridgehead atoms. The van der Waals surface area contributed by atoms with E-state index in [2.05, 4.69) is 17.6 Å². The zero-order valence-corrected chi connectivity index (χ0v) is 13.2.